The normalized spacial score (nSPS) is 21.2. The molecule has 2 aromatic carbocycles. The molecular formula is C48H58ClFN10O4. The third-order valence-electron chi connectivity index (χ3n) is 14.0. The Balaban J connectivity index is 0.864. The summed E-state index contributed by atoms with van der Waals surface area (Å²) in [5.41, 5.74) is 19.5. The summed E-state index contributed by atoms with van der Waals surface area (Å²) in [7, 11) is 0. The smallest absolute Gasteiger partial charge is 0.321 e. The number of carbonyl (C=O) groups excluding carboxylic acids is 4. The van der Waals surface area contributed by atoms with Gasteiger partial charge in [0.25, 0.3) is 0 Å². The predicted molar refractivity (Wildman–Crippen MR) is 244 cm³/mol. The lowest BCUT2D eigenvalue weighted by atomic mass is 9.83. The molecule has 64 heavy (non-hydrogen) atoms. The Labute approximate surface area is 378 Å². The average Bonchev–Trinajstić information content (AvgIpc) is 3.61. The second-order valence-corrected chi connectivity index (χ2v) is 18.2. The van der Waals surface area contributed by atoms with Gasteiger partial charge in [-0.1, -0.05) is 23.7 Å². The number of aromatic nitrogens is 2. The van der Waals surface area contributed by atoms with Gasteiger partial charge >= 0.3 is 12.1 Å². The van der Waals surface area contributed by atoms with E-state index in [0.29, 0.717) is 93.2 Å². The van der Waals surface area contributed by atoms with E-state index in [2.05, 4.69) is 37.3 Å². The predicted octanol–water partition coefficient (Wildman–Crippen LogP) is 6.28. The van der Waals surface area contributed by atoms with Crippen molar-refractivity contribution in [2.75, 3.05) is 49.9 Å². The van der Waals surface area contributed by atoms with Crippen molar-refractivity contribution in [3.05, 3.63) is 118 Å². The Kier molecular flexibility index (Phi) is 14.4. The number of hydrogen-bond donors (Lipinski definition) is 6. The van der Waals surface area contributed by atoms with Crippen molar-refractivity contribution >= 4 is 46.9 Å². The molecule has 5 unspecified atom stereocenters. The molecular weight excluding hydrogens is 835 g/mol. The molecule has 2 aromatic heterocycles. The zero-order chi connectivity index (χ0) is 44.7. The summed E-state index contributed by atoms with van der Waals surface area (Å²) in [4.78, 5) is 64.8. The number of piperidine rings is 2. The molecule has 2 aliphatic carbocycles. The first-order chi connectivity index (χ1) is 31.0. The molecule has 16 heteroatoms. The van der Waals surface area contributed by atoms with E-state index in [1.807, 2.05) is 6.07 Å². The van der Waals surface area contributed by atoms with Crippen LogP contribution in [0.25, 0.3) is 0 Å². The third-order valence-corrected chi connectivity index (χ3v) is 14.3. The van der Waals surface area contributed by atoms with Crippen LogP contribution in [-0.2, 0) is 22.4 Å². The molecule has 0 bridgehead atoms. The number of rotatable bonds is 11. The van der Waals surface area contributed by atoms with Crippen LogP contribution < -0.4 is 32.7 Å². The molecule has 6 amide bonds. The number of carbonyl (C=O) groups is 4. The van der Waals surface area contributed by atoms with Gasteiger partial charge in [0.1, 0.15) is 5.82 Å². The third kappa shape index (κ3) is 10.6. The van der Waals surface area contributed by atoms with Gasteiger partial charge in [-0.2, -0.15) is 0 Å². The molecule has 4 aliphatic rings. The summed E-state index contributed by atoms with van der Waals surface area (Å²) in [6.45, 7) is 2.83. The highest BCUT2D eigenvalue weighted by atomic mass is 35.5. The lowest BCUT2D eigenvalue weighted by Crippen LogP contribution is -2.51. The molecule has 2 fully saturated rings. The number of nitrogens with zero attached hydrogens (tertiary/aromatic N) is 4. The number of fused-ring (bicyclic) bond motifs is 2. The van der Waals surface area contributed by atoms with Crippen LogP contribution in [0, 0.1) is 17.7 Å². The number of nitrogens with one attached hydrogen (secondary N) is 4. The van der Waals surface area contributed by atoms with E-state index < -0.39 is 12.0 Å². The largest absolute Gasteiger partial charge is 0.354 e. The number of pyridine rings is 2. The van der Waals surface area contributed by atoms with Gasteiger partial charge in [-0.15, -0.1) is 0 Å². The second-order valence-electron chi connectivity index (χ2n) is 17.8. The number of hydrogen-bond acceptors (Lipinski definition) is 8. The molecule has 0 spiro atoms. The number of aryl methyl sites for hydroxylation is 2. The molecule has 5 atom stereocenters. The number of anilines is 2. The fraction of sp³-hybridized carbons (Fsp3) is 0.458. The maximum Gasteiger partial charge on any atom is 0.321 e. The van der Waals surface area contributed by atoms with Crippen LogP contribution >= 0.6 is 11.6 Å². The molecule has 8 rings (SSSR count). The lowest BCUT2D eigenvalue weighted by molar-refractivity contribution is -0.124. The van der Waals surface area contributed by atoms with E-state index in [9.17, 15) is 23.6 Å². The van der Waals surface area contributed by atoms with Gasteiger partial charge in [0.15, 0.2) is 0 Å². The van der Waals surface area contributed by atoms with E-state index in [0.717, 1.165) is 41.5 Å². The van der Waals surface area contributed by atoms with E-state index in [1.54, 1.807) is 64.9 Å². The molecule has 4 aromatic rings. The quantitative estimate of drug-likeness (QED) is 0.0946. The highest BCUT2D eigenvalue weighted by Gasteiger charge is 2.36. The Morgan fingerprint density at radius 2 is 1.30 bits per heavy atom. The standard InChI is InChI=1S/C48H58ClFN10O4/c49-42-24-33-3-4-34(27-55-46(62)44(52)31-13-21-60(22-14-31)48(64)58-37-9-17-54-18-10-37)38(33)26-40(42)32-2-1-29-5-6-35(50)25-39(29)41(23-32)45(61)56-28-43(51)30-11-19-59(20-12-30)47(63)57-36-7-15-53-16-8-36/h5-10,15-18,24-26,30-32,34,41,43-44H,1-4,11-14,19-23,27-28,51-52H2,(H,55,62)(H,56,61)(H,53,57,63)(H,54,58,64). The molecule has 14 nitrogen and oxygen atoms in total. The molecule has 8 N–H and O–H groups in total. The number of benzene rings is 2. The first kappa shape index (κ1) is 44.9. The Morgan fingerprint density at radius 1 is 0.703 bits per heavy atom. The maximum atomic E-state index is 14.8. The van der Waals surface area contributed by atoms with Crippen molar-refractivity contribution in [1.82, 2.24) is 30.4 Å². The minimum Gasteiger partial charge on any atom is -0.354 e. The summed E-state index contributed by atoms with van der Waals surface area (Å²) < 4.78 is 14.8. The molecule has 338 valence electrons. The van der Waals surface area contributed by atoms with Crippen molar-refractivity contribution in [3.8, 4) is 0 Å². The van der Waals surface area contributed by atoms with Gasteiger partial charge in [0.05, 0.1) is 12.0 Å². The average molecular weight is 894 g/mol. The topological polar surface area (TPSA) is 201 Å². The van der Waals surface area contributed by atoms with Gasteiger partial charge < -0.3 is 42.5 Å². The molecule has 0 radical (unpaired) electrons. The highest BCUT2D eigenvalue weighted by Crippen LogP contribution is 2.44. The number of amides is 6. The van der Waals surface area contributed by atoms with Gasteiger partial charge in [-0.05, 0) is 146 Å². The van der Waals surface area contributed by atoms with Crippen molar-refractivity contribution in [1.29, 1.82) is 0 Å². The summed E-state index contributed by atoms with van der Waals surface area (Å²) >= 11 is 7.07. The van der Waals surface area contributed by atoms with Crippen molar-refractivity contribution in [3.63, 3.8) is 0 Å². The Bertz CT molecular complexity index is 2290. The van der Waals surface area contributed by atoms with Crippen LogP contribution in [0.1, 0.15) is 90.5 Å². The van der Waals surface area contributed by atoms with Crippen LogP contribution in [0.4, 0.5) is 25.4 Å². The first-order valence-electron chi connectivity index (χ1n) is 22.6. The summed E-state index contributed by atoms with van der Waals surface area (Å²) in [5, 5.41) is 12.7. The molecule has 2 aliphatic heterocycles. The number of halogens is 2. The summed E-state index contributed by atoms with van der Waals surface area (Å²) in [6.07, 6.45) is 12.7. The molecule has 0 saturated carbocycles. The van der Waals surface area contributed by atoms with Crippen molar-refractivity contribution in [2.24, 2.45) is 23.3 Å². The van der Waals surface area contributed by atoms with E-state index in [1.165, 1.54) is 12.1 Å². The summed E-state index contributed by atoms with van der Waals surface area (Å²) in [5.74, 6) is -1.34. The van der Waals surface area contributed by atoms with Crippen LogP contribution in [-0.4, -0.2) is 95.0 Å². The first-order valence-corrected chi connectivity index (χ1v) is 23.0. The lowest BCUT2D eigenvalue weighted by Gasteiger charge is -2.35. The zero-order valence-electron chi connectivity index (χ0n) is 36.0. The van der Waals surface area contributed by atoms with E-state index in [-0.39, 0.29) is 66.0 Å². The van der Waals surface area contributed by atoms with E-state index in [4.69, 9.17) is 23.1 Å². The van der Waals surface area contributed by atoms with Crippen LogP contribution in [0.3, 0.4) is 0 Å². The SMILES string of the molecule is NC(CNC(=O)C1CC(c2cc3c(cc2Cl)CCC3CNC(=O)C(N)C2CCN(C(=O)Nc3ccncc3)CC2)CCc2ccc(F)cc21)C1CCN(C(=O)Nc2ccncc2)CC1. The number of likely N-dealkylation sites (tertiary alicyclic amines) is 2. The molecule has 2 saturated heterocycles. The number of nitrogens with two attached hydrogens (primary N) is 2. The van der Waals surface area contributed by atoms with Crippen LogP contribution in [0.5, 0.6) is 0 Å². The second kappa shape index (κ2) is 20.5. The van der Waals surface area contributed by atoms with Gasteiger partial charge in [0, 0.05) is 92.4 Å². The van der Waals surface area contributed by atoms with Crippen molar-refractivity contribution < 1.29 is 23.6 Å². The Hall–Kier alpha value is -5.64. The van der Waals surface area contributed by atoms with Crippen LogP contribution in [0.15, 0.2) is 79.4 Å². The van der Waals surface area contributed by atoms with Crippen LogP contribution in [0.2, 0.25) is 5.02 Å². The van der Waals surface area contributed by atoms with Crippen molar-refractivity contribution in [2.45, 2.75) is 87.6 Å². The minimum absolute atomic E-state index is 0.0448. The zero-order valence-corrected chi connectivity index (χ0v) is 36.7. The van der Waals surface area contributed by atoms with Gasteiger partial charge in [0.2, 0.25) is 11.8 Å². The van der Waals surface area contributed by atoms with E-state index >= 15 is 0 Å². The maximum absolute atomic E-state index is 14.8. The number of urea groups is 2. The monoisotopic (exact) mass is 892 g/mol. The fourth-order valence-electron chi connectivity index (χ4n) is 10.1. The fourth-order valence-corrected chi connectivity index (χ4v) is 10.4. The summed E-state index contributed by atoms with van der Waals surface area (Å²) in [6, 6.07) is 14.6. The van der Waals surface area contributed by atoms with Gasteiger partial charge in [-0.25, -0.2) is 14.0 Å². The highest BCUT2D eigenvalue weighted by molar-refractivity contribution is 6.31. The minimum atomic E-state index is -0.688. The van der Waals surface area contributed by atoms with Gasteiger partial charge in [-0.3, -0.25) is 19.6 Å². The molecule has 4 heterocycles. The Morgan fingerprint density at radius 3 is 1.92 bits per heavy atom.